The first-order valence-corrected chi connectivity index (χ1v) is 7.93. The Labute approximate surface area is 136 Å². The van der Waals surface area contributed by atoms with Gasteiger partial charge in [0.2, 0.25) is 0 Å². The second kappa shape index (κ2) is 8.53. The Kier molecular flexibility index (Phi) is 6.40. The van der Waals surface area contributed by atoms with Crippen LogP contribution in [0.4, 0.5) is 4.39 Å². The zero-order chi connectivity index (χ0) is 16.7. The maximum Gasteiger partial charge on any atom is 0.191 e. The molecule has 23 heavy (non-hydrogen) atoms. The predicted octanol–water partition coefficient (Wildman–Crippen LogP) is 2.44. The fourth-order valence-corrected chi connectivity index (χ4v) is 2.49. The molecule has 0 aliphatic carbocycles. The summed E-state index contributed by atoms with van der Waals surface area (Å²) in [5, 5.41) is 7.43. The van der Waals surface area contributed by atoms with Gasteiger partial charge in [-0.15, -0.1) is 0 Å². The van der Waals surface area contributed by atoms with E-state index < -0.39 is 0 Å². The lowest BCUT2D eigenvalue weighted by Crippen LogP contribution is -2.44. The lowest BCUT2D eigenvalue weighted by Gasteiger charge is -2.16. The van der Waals surface area contributed by atoms with E-state index in [1.807, 2.05) is 20.0 Å². The monoisotopic (exact) mass is 320 g/mol. The van der Waals surface area contributed by atoms with Crippen molar-refractivity contribution in [2.75, 3.05) is 26.8 Å². The van der Waals surface area contributed by atoms with Crippen LogP contribution in [0.25, 0.3) is 10.9 Å². The first kappa shape index (κ1) is 17.3. The average molecular weight is 320 g/mol. The number of H-pyrrole nitrogens is 1. The smallest absolute Gasteiger partial charge is 0.191 e. The van der Waals surface area contributed by atoms with Gasteiger partial charge >= 0.3 is 0 Å². The second-order valence-corrected chi connectivity index (χ2v) is 5.52. The Hall–Kier alpha value is -2.08. The predicted molar refractivity (Wildman–Crippen MR) is 92.4 cm³/mol. The zero-order valence-corrected chi connectivity index (χ0v) is 13.9. The van der Waals surface area contributed by atoms with Crippen LogP contribution in [0.2, 0.25) is 0 Å². The summed E-state index contributed by atoms with van der Waals surface area (Å²) >= 11 is 0. The molecule has 0 aliphatic rings. The third-order valence-electron chi connectivity index (χ3n) is 3.52. The van der Waals surface area contributed by atoms with Crippen molar-refractivity contribution in [3.63, 3.8) is 0 Å². The minimum absolute atomic E-state index is 0.181. The van der Waals surface area contributed by atoms with Crippen LogP contribution in [0.5, 0.6) is 0 Å². The SMILES string of the molecule is CCNC(=NCCc1c[nH]c2ccc(F)cc12)NC(C)COC. The maximum absolute atomic E-state index is 13.4. The van der Waals surface area contributed by atoms with E-state index in [0.29, 0.717) is 13.2 Å². The van der Waals surface area contributed by atoms with Crippen molar-refractivity contribution in [2.45, 2.75) is 26.3 Å². The second-order valence-electron chi connectivity index (χ2n) is 5.52. The Morgan fingerprint density at radius 1 is 1.43 bits per heavy atom. The van der Waals surface area contributed by atoms with Crippen LogP contribution in [0.1, 0.15) is 19.4 Å². The molecule has 1 aromatic carbocycles. The molecule has 0 saturated heterocycles. The van der Waals surface area contributed by atoms with Crippen molar-refractivity contribution in [2.24, 2.45) is 4.99 Å². The molecule has 3 N–H and O–H groups in total. The van der Waals surface area contributed by atoms with E-state index in [1.54, 1.807) is 19.2 Å². The number of aromatic amines is 1. The third kappa shape index (κ3) is 4.96. The summed E-state index contributed by atoms with van der Waals surface area (Å²) in [6, 6.07) is 4.97. The molecule has 1 aromatic heterocycles. The first-order chi connectivity index (χ1) is 11.1. The van der Waals surface area contributed by atoms with Crippen LogP contribution >= 0.6 is 0 Å². The van der Waals surface area contributed by atoms with Gasteiger partial charge in [0.05, 0.1) is 6.61 Å². The van der Waals surface area contributed by atoms with E-state index in [4.69, 9.17) is 4.74 Å². The van der Waals surface area contributed by atoms with E-state index in [0.717, 1.165) is 35.4 Å². The van der Waals surface area contributed by atoms with Gasteiger partial charge in [-0.25, -0.2) is 4.39 Å². The van der Waals surface area contributed by atoms with Crippen LogP contribution in [-0.2, 0) is 11.2 Å². The first-order valence-electron chi connectivity index (χ1n) is 7.93. The molecule has 1 atom stereocenters. The van der Waals surface area contributed by atoms with Gasteiger partial charge in [-0.2, -0.15) is 0 Å². The van der Waals surface area contributed by atoms with Crippen molar-refractivity contribution in [3.8, 4) is 0 Å². The molecule has 0 radical (unpaired) electrons. The molecule has 0 amide bonds. The number of methoxy groups -OCH3 is 1. The van der Waals surface area contributed by atoms with Gasteiger partial charge in [0.25, 0.3) is 0 Å². The van der Waals surface area contributed by atoms with Crippen LogP contribution < -0.4 is 10.6 Å². The normalized spacial score (nSPS) is 13.3. The minimum atomic E-state index is -0.217. The highest BCUT2D eigenvalue weighted by molar-refractivity contribution is 5.83. The van der Waals surface area contributed by atoms with Gasteiger partial charge in [0.15, 0.2) is 5.96 Å². The van der Waals surface area contributed by atoms with Crippen LogP contribution in [0, 0.1) is 5.82 Å². The molecule has 0 bridgehead atoms. The number of nitrogens with one attached hydrogen (secondary N) is 3. The van der Waals surface area contributed by atoms with E-state index in [2.05, 4.69) is 20.6 Å². The highest BCUT2D eigenvalue weighted by Crippen LogP contribution is 2.19. The number of fused-ring (bicyclic) bond motifs is 1. The Morgan fingerprint density at radius 2 is 2.26 bits per heavy atom. The Balaban J connectivity index is 2.00. The van der Waals surface area contributed by atoms with Gasteiger partial charge in [-0.3, -0.25) is 4.99 Å². The Bertz CT molecular complexity index is 653. The summed E-state index contributed by atoms with van der Waals surface area (Å²) in [5.41, 5.74) is 2.02. The molecule has 1 heterocycles. The topological polar surface area (TPSA) is 61.4 Å². The Morgan fingerprint density at radius 3 is 3.00 bits per heavy atom. The molecule has 6 heteroatoms. The number of guanidine groups is 1. The highest BCUT2D eigenvalue weighted by Gasteiger charge is 2.06. The lowest BCUT2D eigenvalue weighted by molar-refractivity contribution is 0.179. The number of aliphatic imine (C=N–C) groups is 1. The third-order valence-corrected chi connectivity index (χ3v) is 3.52. The van der Waals surface area contributed by atoms with Crippen molar-refractivity contribution in [3.05, 3.63) is 35.8 Å². The van der Waals surface area contributed by atoms with Gasteiger partial charge in [0, 0.05) is 43.3 Å². The highest BCUT2D eigenvalue weighted by atomic mass is 19.1. The summed E-state index contributed by atoms with van der Waals surface area (Å²) in [6.07, 6.45) is 2.67. The summed E-state index contributed by atoms with van der Waals surface area (Å²) in [4.78, 5) is 7.74. The minimum Gasteiger partial charge on any atom is -0.383 e. The number of halogens is 1. The van der Waals surface area contributed by atoms with E-state index in [9.17, 15) is 4.39 Å². The fraction of sp³-hybridized carbons (Fsp3) is 0.471. The van der Waals surface area contributed by atoms with E-state index in [-0.39, 0.29) is 11.9 Å². The number of ether oxygens (including phenoxy) is 1. The van der Waals surface area contributed by atoms with Gasteiger partial charge < -0.3 is 20.4 Å². The number of hydrogen-bond acceptors (Lipinski definition) is 2. The molecule has 1 unspecified atom stereocenters. The number of aromatic nitrogens is 1. The number of hydrogen-bond donors (Lipinski definition) is 3. The molecular weight excluding hydrogens is 295 g/mol. The van der Waals surface area contributed by atoms with E-state index in [1.165, 1.54) is 6.07 Å². The summed E-state index contributed by atoms with van der Waals surface area (Å²) < 4.78 is 18.5. The van der Waals surface area contributed by atoms with Crippen molar-refractivity contribution in [1.82, 2.24) is 15.6 Å². The standard InChI is InChI=1S/C17H25FN4O/c1-4-19-17(22-12(2)11-23-3)20-8-7-13-10-21-16-6-5-14(18)9-15(13)16/h5-6,9-10,12,21H,4,7-8,11H2,1-3H3,(H2,19,20,22). The quantitative estimate of drug-likeness (QED) is 0.542. The van der Waals surface area contributed by atoms with E-state index >= 15 is 0 Å². The molecule has 2 aromatic rings. The molecule has 5 nitrogen and oxygen atoms in total. The maximum atomic E-state index is 13.4. The van der Waals surface area contributed by atoms with Gasteiger partial charge in [0.1, 0.15) is 5.82 Å². The van der Waals surface area contributed by atoms with Crippen molar-refractivity contribution in [1.29, 1.82) is 0 Å². The van der Waals surface area contributed by atoms with Gasteiger partial charge in [-0.05, 0) is 44.0 Å². The molecule has 0 aliphatic heterocycles. The number of nitrogens with zero attached hydrogens (tertiary/aromatic N) is 1. The van der Waals surface area contributed by atoms with Crippen LogP contribution in [-0.4, -0.2) is 43.8 Å². The van der Waals surface area contributed by atoms with Crippen molar-refractivity contribution >= 4 is 16.9 Å². The summed E-state index contributed by atoms with van der Waals surface area (Å²) in [5.74, 6) is 0.549. The van der Waals surface area contributed by atoms with Crippen molar-refractivity contribution < 1.29 is 9.13 Å². The largest absolute Gasteiger partial charge is 0.383 e. The molecule has 0 spiro atoms. The van der Waals surface area contributed by atoms with Crippen LogP contribution in [0.15, 0.2) is 29.4 Å². The summed E-state index contributed by atoms with van der Waals surface area (Å²) in [6.45, 7) is 6.11. The molecular formula is C17H25FN4O. The average Bonchev–Trinajstić information content (AvgIpc) is 2.90. The number of benzene rings is 1. The fourth-order valence-electron chi connectivity index (χ4n) is 2.49. The van der Waals surface area contributed by atoms with Gasteiger partial charge in [-0.1, -0.05) is 0 Å². The lowest BCUT2D eigenvalue weighted by atomic mass is 10.1. The number of rotatable bonds is 7. The molecule has 126 valence electrons. The molecule has 0 fully saturated rings. The molecule has 2 rings (SSSR count). The molecule has 0 saturated carbocycles. The van der Waals surface area contributed by atoms with Crippen LogP contribution in [0.3, 0.4) is 0 Å². The zero-order valence-electron chi connectivity index (χ0n) is 13.9. The summed E-state index contributed by atoms with van der Waals surface area (Å²) in [7, 11) is 1.68.